The highest BCUT2D eigenvalue weighted by Crippen LogP contribution is 1.43. The SMILES string of the molecule is Cl.O.c1nn[nH]n1. The first-order valence-corrected chi connectivity index (χ1v) is 1.16. The predicted molar refractivity (Wildman–Crippen MR) is 25.0 cm³/mol. The summed E-state index contributed by atoms with van der Waals surface area (Å²) in [6.07, 6.45) is 1.33. The Bertz CT molecular complexity index is 68.2. The van der Waals surface area contributed by atoms with Gasteiger partial charge in [-0.05, 0) is 0 Å². The highest BCUT2D eigenvalue weighted by molar-refractivity contribution is 5.85. The third-order valence-corrected chi connectivity index (χ3v) is 0.270. The minimum Gasteiger partial charge on any atom is -0.412 e. The molecule has 1 aromatic rings. The first-order valence-electron chi connectivity index (χ1n) is 1.16. The lowest BCUT2D eigenvalue weighted by atomic mass is 11.4. The summed E-state index contributed by atoms with van der Waals surface area (Å²) >= 11 is 0. The molecule has 42 valence electrons. The molecule has 1 heterocycles. The molecule has 0 unspecified atom stereocenters. The highest BCUT2D eigenvalue weighted by atomic mass is 35.5. The maximum Gasteiger partial charge on any atom is 0.161 e. The Morgan fingerprint density at radius 1 is 1.43 bits per heavy atom. The normalized spacial score (nSPS) is 5.71. The molecule has 0 aromatic carbocycles. The average Bonchev–Trinajstić information content (AvgIpc) is 1.76. The van der Waals surface area contributed by atoms with Crippen LogP contribution in [0.25, 0.3) is 0 Å². The average molecular weight is 125 g/mol. The number of nitrogens with zero attached hydrogens (tertiary/aromatic N) is 3. The van der Waals surface area contributed by atoms with Crippen molar-refractivity contribution in [1.29, 1.82) is 0 Å². The molecule has 0 fully saturated rings. The first kappa shape index (κ1) is 9.58. The van der Waals surface area contributed by atoms with E-state index in [1.807, 2.05) is 0 Å². The van der Waals surface area contributed by atoms with E-state index in [0.717, 1.165) is 0 Å². The summed E-state index contributed by atoms with van der Waals surface area (Å²) in [5, 5.41) is 12.2. The molecule has 0 amide bonds. The Hall–Kier alpha value is -0.680. The molecule has 0 saturated heterocycles. The van der Waals surface area contributed by atoms with Gasteiger partial charge in [-0.3, -0.25) is 0 Å². The molecule has 0 radical (unpaired) electrons. The maximum absolute atomic E-state index is 3.38. The summed E-state index contributed by atoms with van der Waals surface area (Å²) in [5.74, 6) is 0. The van der Waals surface area contributed by atoms with Gasteiger partial charge in [-0.1, -0.05) is 5.21 Å². The Balaban J connectivity index is 0. The zero-order chi connectivity index (χ0) is 3.54. The van der Waals surface area contributed by atoms with Crippen molar-refractivity contribution in [2.75, 3.05) is 0 Å². The van der Waals surface area contributed by atoms with E-state index >= 15 is 0 Å². The number of nitrogens with one attached hydrogen (secondary N) is 1. The number of H-pyrrole nitrogens is 1. The van der Waals surface area contributed by atoms with Crippen molar-refractivity contribution in [3.05, 3.63) is 6.33 Å². The van der Waals surface area contributed by atoms with Crippen LogP contribution in [0.3, 0.4) is 0 Å². The van der Waals surface area contributed by atoms with Gasteiger partial charge in [0, 0.05) is 0 Å². The summed E-state index contributed by atoms with van der Waals surface area (Å²) in [6.45, 7) is 0. The first-order chi connectivity index (χ1) is 2.50. The van der Waals surface area contributed by atoms with E-state index in [1.54, 1.807) is 0 Å². The van der Waals surface area contributed by atoms with Crippen LogP contribution < -0.4 is 0 Å². The van der Waals surface area contributed by atoms with E-state index in [4.69, 9.17) is 0 Å². The molecule has 0 spiro atoms. The van der Waals surface area contributed by atoms with E-state index in [-0.39, 0.29) is 17.9 Å². The number of rotatable bonds is 0. The quantitative estimate of drug-likeness (QED) is 0.471. The topological polar surface area (TPSA) is 86.0 Å². The minimum absolute atomic E-state index is 0. The number of hydrogen-bond donors (Lipinski definition) is 1. The van der Waals surface area contributed by atoms with Gasteiger partial charge in [0.05, 0.1) is 0 Å². The van der Waals surface area contributed by atoms with E-state index in [9.17, 15) is 0 Å². The van der Waals surface area contributed by atoms with Crippen LogP contribution >= 0.6 is 12.4 Å². The number of tetrazole rings is 1. The van der Waals surface area contributed by atoms with Gasteiger partial charge in [-0.25, -0.2) is 0 Å². The summed E-state index contributed by atoms with van der Waals surface area (Å²) in [7, 11) is 0. The second-order valence-corrected chi connectivity index (χ2v) is 0.560. The van der Waals surface area contributed by atoms with Crippen molar-refractivity contribution >= 4 is 12.4 Å². The Labute approximate surface area is 45.8 Å². The molecule has 0 saturated carbocycles. The van der Waals surface area contributed by atoms with Crippen molar-refractivity contribution in [3.8, 4) is 0 Å². The second kappa shape index (κ2) is 5.32. The van der Waals surface area contributed by atoms with Crippen LogP contribution in [-0.4, -0.2) is 26.1 Å². The lowest BCUT2D eigenvalue weighted by molar-refractivity contribution is 0.824. The molecule has 3 N–H and O–H groups in total. The monoisotopic (exact) mass is 124 g/mol. The molecule has 0 aliphatic heterocycles. The van der Waals surface area contributed by atoms with Crippen LogP contribution in [0.2, 0.25) is 0 Å². The standard InChI is InChI=1S/CH2N4.ClH.H2O/c1-2-4-5-3-1;;/h1H,(H,2,3,4,5);1H;1H2. The van der Waals surface area contributed by atoms with Crippen LogP contribution in [0, 0.1) is 0 Å². The van der Waals surface area contributed by atoms with Gasteiger partial charge in [-0.15, -0.1) is 22.6 Å². The van der Waals surface area contributed by atoms with Gasteiger partial charge in [0.15, 0.2) is 6.33 Å². The van der Waals surface area contributed by atoms with Gasteiger partial charge < -0.3 is 5.48 Å². The second-order valence-electron chi connectivity index (χ2n) is 0.560. The Morgan fingerprint density at radius 2 is 2.14 bits per heavy atom. The molecule has 7 heavy (non-hydrogen) atoms. The molecule has 0 aliphatic rings. The lowest BCUT2D eigenvalue weighted by Crippen LogP contribution is -1.64. The molecule has 0 atom stereocenters. The van der Waals surface area contributed by atoms with Gasteiger partial charge in [0.1, 0.15) is 0 Å². The van der Waals surface area contributed by atoms with Crippen molar-refractivity contribution in [2.24, 2.45) is 0 Å². The number of aromatic amines is 1. The van der Waals surface area contributed by atoms with Crippen LogP contribution in [0.5, 0.6) is 0 Å². The summed E-state index contributed by atoms with van der Waals surface area (Å²) in [6, 6.07) is 0. The molecule has 1 rings (SSSR count). The van der Waals surface area contributed by atoms with Crippen LogP contribution in [0.15, 0.2) is 6.33 Å². The maximum atomic E-state index is 3.38. The number of aromatic nitrogens is 4. The fourth-order valence-electron chi connectivity index (χ4n) is 0.129. The van der Waals surface area contributed by atoms with E-state index in [0.29, 0.717) is 0 Å². The smallest absolute Gasteiger partial charge is 0.161 e. The fourth-order valence-corrected chi connectivity index (χ4v) is 0.129. The van der Waals surface area contributed by atoms with Crippen molar-refractivity contribution in [1.82, 2.24) is 20.6 Å². The van der Waals surface area contributed by atoms with E-state index < -0.39 is 0 Å². The third kappa shape index (κ3) is 3.14. The van der Waals surface area contributed by atoms with Crippen LogP contribution in [0.1, 0.15) is 0 Å². The van der Waals surface area contributed by atoms with Gasteiger partial charge in [0.2, 0.25) is 0 Å². The summed E-state index contributed by atoms with van der Waals surface area (Å²) < 4.78 is 0. The molecule has 0 bridgehead atoms. The summed E-state index contributed by atoms with van der Waals surface area (Å²) in [5.41, 5.74) is 0. The predicted octanol–water partition coefficient (Wildman–Crippen LogP) is -1.20. The Morgan fingerprint density at radius 3 is 2.29 bits per heavy atom. The zero-order valence-corrected chi connectivity index (χ0v) is 4.14. The molecular weight excluding hydrogens is 119 g/mol. The van der Waals surface area contributed by atoms with Crippen LogP contribution in [0.4, 0.5) is 0 Å². The fraction of sp³-hybridized carbons (Fsp3) is 0. The van der Waals surface area contributed by atoms with E-state index in [2.05, 4.69) is 20.6 Å². The van der Waals surface area contributed by atoms with E-state index in [1.165, 1.54) is 6.33 Å². The highest BCUT2D eigenvalue weighted by Gasteiger charge is 1.58. The molecular formula is CH5ClN4O. The third-order valence-electron chi connectivity index (χ3n) is 0.270. The van der Waals surface area contributed by atoms with Gasteiger partial charge >= 0.3 is 0 Å². The lowest BCUT2D eigenvalue weighted by Gasteiger charge is -1.44. The Kier molecular flexibility index (Phi) is 7.28. The summed E-state index contributed by atoms with van der Waals surface area (Å²) in [4.78, 5) is 0. The molecule has 6 heteroatoms. The number of halogens is 1. The van der Waals surface area contributed by atoms with Gasteiger partial charge in [-0.2, -0.15) is 5.21 Å². The van der Waals surface area contributed by atoms with Crippen molar-refractivity contribution in [2.45, 2.75) is 0 Å². The molecule has 0 aliphatic carbocycles. The van der Waals surface area contributed by atoms with Crippen LogP contribution in [-0.2, 0) is 0 Å². The molecule has 5 nitrogen and oxygen atoms in total. The molecule has 1 aromatic heterocycles. The largest absolute Gasteiger partial charge is 0.412 e. The zero-order valence-electron chi connectivity index (χ0n) is 3.33. The number of hydrogen-bond acceptors (Lipinski definition) is 3. The minimum atomic E-state index is 0. The van der Waals surface area contributed by atoms with Crippen molar-refractivity contribution < 1.29 is 5.48 Å². The van der Waals surface area contributed by atoms with Gasteiger partial charge in [0.25, 0.3) is 0 Å². The van der Waals surface area contributed by atoms with Crippen molar-refractivity contribution in [3.63, 3.8) is 0 Å².